The van der Waals surface area contributed by atoms with Gasteiger partial charge in [0.25, 0.3) is 0 Å². The molecule has 0 spiro atoms. The highest BCUT2D eigenvalue weighted by Crippen LogP contribution is 2.03. The first-order valence-electron chi connectivity index (χ1n) is 5.50. The summed E-state index contributed by atoms with van der Waals surface area (Å²) < 4.78 is 0. The minimum Gasteiger partial charge on any atom is -0.295 e. The third-order valence-corrected chi connectivity index (χ3v) is 2.25. The molecule has 0 saturated carbocycles. The van der Waals surface area contributed by atoms with Crippen LogP contribution in [0.1, 0.15) is 15.9 Å². The molecule has 0 heterocycles. The molecule has 3 heteroatoms. The molecule has 0 fully saturated rings. The minimum absolute atomic E-state index is 0.450. The summed E-state index contributed by atoms with van der Waals surface area (Å²) in [6.07, 6.45) is 3.04. The van der Waals surface area contributed by atoms with E-state index in [1.165, 1.54) is 6.26 Å². The number of hydrogen-bond donors (Lipinski definition) is 0. The van der Waals surface area contributed by atoms with Crippen LogP contribution in [0, 0.1) is 0 Å². The Hall–Kier alpha value is -2.55. The summed E-state index contributed by atoms with van der Waals surface area (Å²) in [4.78, 5) is 20.8. The fourth-order valence-corrected chi connectivity index (χ4v) is 1.36. The van der Waals surface area contributed by atoms with Crippen LogP contribution in [0.3, 0.4) is 0 Å². The van der Waals surface area contributed by atoms with Crippen molar-refractivity contribution in [3.8, 4) is 0 Å². The zero-order valence-corrected chi connectivity index (χ0v) is 9.65. The lowest BCUT2D eigenvalue weighted by molar-refractivity contribution is -0.190. The number of carbonyl (C=O) groups excluding carboxylic acids is 1. The molecule has 0 aliphatic heterocycles. The Morgan fingerprint density at radius 3 is 2.17 bits per heavy atom. The van der Waals surface area contributed by atoms with E-state index in [9.17, 15) is 4.79 Å². The topological polar surface area (TPSA) is 35.5 Å². The van der Waals surface area contributed by atoms with Crippen LogP contribution in [-0.4, -0.2) is 5.97 Å². The van der Waals surface area contributed by atoms with Crippen LogP contribution in [0.15, 0.2) is 66.9 Å². The SMILES string of the molecule is O=C(OOC=Cc1ccccc1)c1ccccc1. The van der Waals surface area contributed by atoms with Gasteiger partial charge in [0.2, 0.25) is 0 Å². The molecule has 0 aromatic heterocycles. The van der Waals surface area contributed by atoms with Gasteiger partial charge in [0.15, 0.2) is 0 Å². The molecule has 3 nitrogen and oxygen atoms in total. The lowest BCUT2D eigenvalue weighted by Gasteiger charge is -1.99. The Balaban J connectivity index is 1.83. The molecule has 0 bridgehead atoms. The smallest absolute Gasteiger partial charge is 0.295 e. The molecule has 2 rings (SSSR count). The van der Waals surface area contributed by atoms with E-state index < -0.39 is 5.97 Å². The summed E-state index contributed by atoms with van der Waals surface area (Å²) in [6, 6.07) is 18.2. The van der Waals surface area contributed by atoms with E-state index >= 15 is 0 Å². The van der Waals surface area contributed by atoms with E-state index in [2.05, 4.69) is 4.89 Å². The maximum Gasteiger partial charge on any atom is 0.386 e. The summed E-state index contributed by atoms with van der Waals surface area (Å²) in [5, 5.41) is 0. The molecule has 0 amide bonds. The highest BCUT2D eigenvalue weighted by atomic mass is 17.2. The van der Waals surface area contributed by atoms with Gasteiger partial charge in [-0.1, -0.05) is 48.5 Å². The minimum atomic E-state index is -0.520. The maximum absolute atomic E-state index is 11.5. The number of carbonyl (C=O) groups is 1. The molecule has 0 N–H and O–H groups in total. The first-order valence-corrected chi connectivity index (χ1v) is 5.50. The molecule has 2 aromatic carbocycles. The van der Waals surface area contributed by atoms with Crippen molar-refractivity contribution in [2.45, 2.75) is 0 Å². The largest absolute Gasteiger partial charge is 0.386 e. The average molecular weight is 240 g/mol. The van der Waals surface area contributed by atoms with Gasteiger partial charge in [0.05, 0.1) is 5.56 Å². The predicted octanol–water partition coefficient (Wildman–Crippen LogP) is 3.45. The molecule has 0 saturated heterocycles. The lowest BCUT2D eigenvalue weighted by Crippen LogP contribution is -2.02. The highest BCUT2D eigenvalue weighted by molar-refractivity contribution is 5.88. The fourth-order valence-electron chi connectivity index (χ4n) is 1.36. The Labute approximate surface area is 105 Å². The quantitative estimate of drug-likeness (QED) is 0.466. The summed E-state index contributed by atoms with van der Waals surface area (Å²) in [6.45, 7) is 0. The number of hydrogen-bond acceptors (Lipinski definition) is 3. The van der Waals surface area contributed by atoms with Crippen molar-refractivity contribution in [2.24, 2.45) is 0 Å². The van der Waals surface area contributed by atoms with Crippen LogP contribution in [0.25, 0.3) is 6.08 Å². The first-order chi connectivity index (χ1) is 8.86. The number of rotatable bonds is 4. The maximum atomic E-state index is 11.5. The number of benzene rings is 2. The van der Waals surface area contributed by atoms with Crippen molar-refractivity contribution >= 4 is 12.0 Å². The second-order valence-corrected chi connectivity index (χ2v) is 3.55. The van der Waals surface area contributed by atoms with Crippen LogP contribution in [-0.2, 0) is 9.78 Å². The Bertz CT molecular complexity index is 518. The van der Waals surface area contributed by atoms with Crippen molar-refractivity contribution in [3.05, 3.63) is 78.1 Å². The Morgan fingerprint density at radius 2 is 1.50 bits per heavy atom. The second kappa shape index (κ2) is 6.25. The molecule has 0 atom stereocenters. The second-order valence-electron chi connectivity index (χ2n) is 3.55. The normalized spacial score (nSPS) is 10.2. The van der Waals surface area contributed by atoms with Gasteiger partial charge in [0, 0.05) is 0 Å². The molecule has 90 valence electrons. The summed E-state index contributed by atoms with van der Waals surface area (Å²) in [5.74, 6) is -0.520. The van der Waals surface area contributed by atoms with Crippen LogP contribution in [0.4, 0.5) is 0 Å². The lowest BCUT2D eigenvalue weighted by atomic mass is 10.2. The van der Waals surface area contributed by atoms with E-state index in [4.69, 9.17) is 4.89 Å². The van der Waals surface area contributed by atoms with Crippen molar-refractivity contribution in [2.75, 3.05) is 0 Å². The molecule has 0 aliphatic rings. The van der Waals surface area contributed by atoms with E-state index in [1.807, 2.05) is 36.4 Å². The van der Waals surface area contributed by atoms with Gasteiger partial charge in [-0.25, -0.2) is 9.68 Å². The summed E-state index contributed by atoms with van der Waals surface area (Å²) >= 11 is 0. The Morgan fingerprint density at radius 1 is 0.889 bits per heavy atom. The van der Waals surface area contributed by atoms with E-state index in [0.29, 0.717) is 5.56 Å². The predicted molar refractivity (Wildman–Crippen MR) is 68.4 cm³/mol. The van der Waals surface area contributed by atoms with E-state index in [0.717, 1.165) is 5.56 Å². The van der Waals surface area contributed by atoms with Gasteiger partial charge in [-0.05, 0) is 23.8 Å². The molecular formula is C15H12O3. The third kappa shape index (κ3) is 3.49. The van der Waals surface area contributed by atoms with Gasteiger partial charge >= 0.3 is 5.97 Å². The zero-order chi connectivity index (χ0) is 12.6. The van der Waals surface area contributed by atoms with Crippen LogP contribution in [0.2, 0.25) is 0 Å². The van der Waals surface area contributed by atoms with E-state index in [1.54, 1.807) is 30.3 Å². The van der Waals surface area contributed by atoms with Gasteiger partial charge in [-0.3, -0.25) is 4.89 Å². The van der Waals surface area contributed by atoms with Gasteiger partial charge in [-0.2, -0.15) is 0 Å². The van der Waals surface area contributed by atoms with Crippen molar-refractivity contribution in [1.82, 2.24) is 0 Å². The van der Waals surface area contributed by atoms with Crippen LogP contribution < -0.4 is 0 Å². The van der Waals surface area contributed by atoms with E-state index in [-0.39, 0.29) is 0 Å². The summed E-state index contributed by atoms with van der Waals surface area (Å²) in [5.41, 5.74) is 1.42. The Kier molecular flexibility index (Phi) is 4.14. The first kappa shape index (κ1) is 11.9. The van der Waals surface area contributed by atoms with Crippen molar-refractivity contribution in [3.63, 3.8) is 0 Å². The van der Waals surface area contributed by atoms with Crippen molar-refractivity contribution in [1.29, 1.82) is 0 Å². The van der Waals surface area contributed by atoms with Crippen molar-refractivity contribution < 1.29 is 14.6 Å². The monoisotopic (exact) mass is 240 g/mol. The summed E-state index contributed by atoms with van der Waals surface area (Å²) in [7, 11) is 0. The van der Waals surface area contributed by atoms with Crippen LogP contribution >= 0.6 is 0 Å². The van der Waals surface area contributed by atoms with Crippen LogP contribution in [0.5, 0.6) is 0 Å². The highest BCUT2D eigenvalue weighted by Gasteiger charge is 2.05. The molecule has 18 heavy (non-hydrogen) atoms. The fraction of sp³-hybridized carbons (Fsp3) is 0. The standard InChI is InChI=1S/C15H12O3/c16-15(14-9-5-2-6-10-14)18-17-12-11-13-7-3-1-4-8-13/h1-12H. The molecule has 0 aliphatic carbocycles. The molecule has 2 aromatic rings. The molecule has 0 radical (unpaired) electrons. The van der Waals surface area contributed by atoms with Gasteiger partial charge in [-0.15, -0.1) is 0 Å². The zero-order valence-electron chi connectivity index (χ0n) is 9.65. The van der Waals surface area contributed by atoms with Gasteiger partial charge in [0.1, 0.15) is 6.26 Å². The average Bonchev–Trinajstić information content (AvgIpc) is 2.45. The molecule has 0 unspecified atom stereocenters. The van der Waals surface area contributed by atoms with Gasteiger partial charge < -0.3 is 0 Å². The third-order valence-electron chi connectivity index (χ3n) is 2.25. The molecular weight excluding hydrogens is 228 g/mol.